The third-order valence-corrected chi connectivity index (χ3v) is 3.27. The highest BCUT2D eigenvalue weighted by atomic mass is 15.0. The van der Waals surface area contributed by atoms with Crippen molar-refractivity contribution in [3.05, 3.63) is 0 Å². The van der Waals surface area contributed by atoms with Gasteiger partial charge in [-0.1, -0.05) is 38.0 Å². The van der Waals surface area contributed by atoms with Crippen molar-refractivity contribution in [2.45, 2.75) is 50.5 Å². The van der Waals surface area contributed by atoms with Gasteiger partial charge in [0.1, 0.15) is 0 Å². The molecule has 0 bridgehead atoms. The van der Waals surface area contributed by atoms with Gasteiger partial charge in [-0.05, 0) is 12.8 Å². The molecule has 1 saturated carbocycles. The standard InChI is InChI=1S/C12H22N2/c1-2-10-14-12(11-13)8-6-4-3-5-7-9-12/h1,14H,3-11,13H2. The highest BCUT2D eigenvalue weighted by molar-refractivity contribution is 4.96. The van der Waals surface area contributed by atoms with E-state index in [1.807, 2.05) is 0 Å². The SMILES string of the molecule is C#CCNC1(CN)CCCCCCC1. The molecule has 1 rings (SSSR count). The Balaban J connectivity index is 2.49. The molecule has 0 unspecified atom stereocenters. The number of nitrogens with one attached hydrogen (secondary N) is 1. The van der Waals surface area contributed by atoms with Gasteiger partial charge in [-0.15, -0.1) is 6.42 Å². The number of rotatable bonds is 3. The van der Waals surface area contributed by atoms with E-state index in [2.05, 4.69) is 11.2 Å². The summed E-state index contributed by atoms with van der Waals surface area (Å²) in [6, 6.07) is 0. The van der Waals surface area contributed by atoms with Crippen molar-refractivity contribution in [2.24, 2.45) is 5.73 Å². The molecule has 0 amide bonds. The Kier molecular flexibility index (Phi) is 5.00. The molecule has 14 heavy (non-hydrogen) atoms. The molecule has 0 atom stereocenters. The average Bonchev–Trinajstić information content (AvgIpc) is 2.18. The van der Waals surface area contributed by atoms with Crippen LogP contribution >= 0.6 is 0 Å². The topological polar surface area (TPSA) is 38.0 Å². The lowest BCUT2D eigenvalue weighted by Gasteiger charge is -2.35. The van der Waals surface area contributed by atoms with Crippen molar-refractivity contribution in [1.29, 1.82) is 0 Å². The minimum atomic E-state index is 0.132. The van der Waals surface area contributed by atoms with Crippen LogP contribution in [0.2, 0.25) is 0 Å². The maximum absolute atomic E-state index is 5.87. The zero-order chi connectivity index (χ0) is 10.3. The zero-order valence-corrected chi connectivity index (χ0v) is 9.02. The molecule has 0 aliphatic heterocycles. The smallest absolute Gasteiger partial charge is 0.0578 e. The normalized spacial score (nSPS) is 22.0. The molecule has 0 radical (unpaired) electrons. The van der Waals surface area contributed by atoms with Crippen LogP contribution in [-0.4, -0.2) is 18.6 Å². The van der Waals surface area contributed by atoms with Crippen LogP contribution in [0.25, 0.3) is 0 Å². The van der Waals surface area contributed by atoms with Gasteiger partial charge in [-0.3, -0.25) is 5.32 Å². The first-order chi connectivity index (χ1) is 6.83. The fourth-order valence-electron chi connectivity index (χ4n) is 2.27. The summed E-state index contributed by atoms with van der Waals surface area (Å²) in [5, 5.41) is 3.44. The largest absolute Gasteiger partial charge is 0.329 e. The summed E-state index contributed by atoms with van der Waals surface area (Å²) in [5.41, 5.74) is 6.00. The molecule has 2 heteroatoms. The maximum Gasteiger partial charge on any atom is 0.0578 e. The predicted molar refractivity (Wildman–Crippen MR) is 60.9 cm³/mol. The summed E-state index contributed by atoms with van der Waals surface area (Å²) in [4.78, 5) is 0. The van der Waals surface area contributed by atoms with Gasteiger partial charge in [-0.25, -0.2) is 0 Å². The summed E-state index contributed by atoms with van der Waals surface area (Å²) < 4.78 is 0. The maximum atomic E-state index is 5.87. The second-order valence-electron chi connectivity index (χ2n) is 4.31. The Labute approximate surface area is 87.6 Å². The van der Waals surface area contributed by atoms with Crippen LogP contribution in [0.3, 0.4) is 0 Å². The summed E-state index contributed by atoms with van der Waals surface area (Å²) in [6.07, 6.45) is 14.3. The van der Waals surface area contributed by atoms with Crippen LogP contribution < -0.4 is 11.1 Å². The molecule has 0 heterocycles. The van der Waals surface area contributed by atoms with E-state index in [1.165, 1.54) is 44.9 Å². The van der Waals surface area contributed by atoms with Crippen molar-refractivity contribution in [1.82, 2.24) is 5.32 Å². The van der Waals surface area contributed by atoms with Crippen molar-refractivity contribution in [3.63, 3.8) is 0 Å². The van der Waals surface area contributed by atoms with Gasteiger partial charge < -0.3 is 5.73 Å². The van der Waals surface area contributed by atoms with Crippen LogP contribution in [0.15, 0.2) is 0 Å². The molecular formula is C12H22N2. The fourth-order valence-corrected chi connectivity index (χ4v) is 2.27. The van der Waals surface area contributed by atoms with Crippen molar-refractivity contribution in [3.8, 4) is 12.3 Å². The van der Waals surface area contributed by atoms with Gasteiger partial charge in [0.15, 0.2) is 0 Å². The molecule has 1 fully saturated rings. The van der Waals surface area contributed by atoms with Crippen LogP contribution in [0.4, 0.5) is 0 Å². The predicted octanol–water partition coefficient (Wildman–Crippen LogP) is 1.65. The van der Waals surface area contributed by atoms with Crippen LogP contribution in [0.1, 0.15) is 44.9 Å². The Morgan fingerprint density at radius 3 is 2.21 bits per heavy atom. The Hall–Kier alpha value is -0.520. The Morgan fingerprint density at radius 2 is 1.71 bits per heavy atom. The monoisotopic (exact) mass is 194 g/mol. The van der Waals surface area contributed by atoms with Crippen LogP contribution in [0, 0.1) is 12.3 Å². The second-order valence-corrected chi connectivity index (χ2v) is 4.31. The van der Waals surface area contributed by atoms with E-state index in [1.54, 1.807) is 0 Å². The molecule has 0 aromatic carbocycles. The van der Waals surface area contributed by atoms with Gasteiger partial charge in [0.05, 0.1) is 6.54 Å². The highest BCUT2D eigenvalue weighted by Gasteiger charge is 2.27. The van der Waals surface area contributed by atoms with Gasteiger partial charge >= 0.3 is 0 Å². The molecular weight excluding hydrogens is 172 g/mol. The molecule has 2 nitrogen and oxygen atoms in total. The van der Waals surface area contributed by atoms with Crippen molar-refractivity contribution in [2.75, 3.05) is 13.1 Å². The molecule has 1 aliphatic rings. The van der Waals surface area contributed by atoms with E-state index in [9.17, 15) is 0 Å². The lowest BCUT2D eigenvalue weighted by Crippen LogP contribution is -2.51. The third-order valence-electron chi connectivity index (χ3n) is 3.27. The first-order valence-electron chi connectivity index (χ1n) is 5.71. The van der Waals surface area contributed by atoms with Gasteiger partial charge in [0.25, 0.3) is 0 Å². The van der Waals surface area contributed by atoms with Crippen LogP contribution in [0.5, 0.6) is 0 Å². The van der Waals surface area contributed by atoms with Crippen LogP contribution in [-0.2, 0) is 0 Å². The molecule has 80 valence electrons. The number of hydrogen-bond acceptors (Lipinski definition) is 2. The summed E-state index contributed by atoms with van der Waals surface area (Å²) in [6.45, 7) is 1.37. The quantitative estimate of drug-likeness (QED) is 0.670. The lowest BCUT2D eigenvalue weighted by molar-refractivity contribution is 0.266. The van der Waals surface area contributed by atoms with Gasteiger partial charge in [0, 0.05) is 12.1 Å². The first-order valence-corrected chi connectivity index (χ1v) is 5.71. The third kappa shape index (κ3) is 3.32. The molecule has 0 aromatic rings. The van der Waals surface area contributed by atoms with Gasteiger partial charge in [0.2, 0.25) is 0 Å². The summed E-state index contributed by atoms with van der Waals surface area (Å²) in [7, 11) is 0. The Bertz CT molecular complexity index is 185. The van der Waals surface area contributed by atoms with Crippen molar-refractivity contribution < 1.29 is 0 Å². The molecule has 1 aliphatic carbocycles. The molecule has 3 N–H and O–H groups in total. The number of nitrogens with two attached hydrogens (primary N) is 1. The zero-order valence-electron chi connectivity index (χ0n) is 9.02. The summed E-state index contributed by atoms with van der Waals surface area (Å²) in [5.74, 6) is 2.64. The molecule has 0 saturated heterocycles. The van der Waals surface area contributed by atoms with E-state index in [4.69, 9.17) is 12.2 Å². The fraction of sp³-hybridized carbons (Fsp3) is 0.833. The second kappa shape index (κ2) is 6.06. The Morgan fingerprint density at radius 1 is 1.14 bits per heavy atom. The average molecular weight is 194 g/mol. The van der Waals surface area contributed by atoms with Crippen molar-refractivity contribution >= 4 is 0 Å². The van der Waals surface area contributed by atoms with E-state index in [-0.39, 0.29) is 5.54 Å². The first kappa shape index (κ1) is 11.6. The number of hydrogen-bond donors (Lipinski definition) is 2. The molecule has 0 aromatic heterocycles. The molecule has 0 spiro atoms. The number of terminal acetylenes is 1. The minimum Gasteiger partial charge on any atom is -0.329 e. The van der Waals surface area contributed by atoms with E-state index in [0.717, 1.165) is 0 Å². The summed E-state index contributed by atoms with van der Waals surface area (Å²) >= 11 is 0. The minimum absolute atomic E-state index is 0.132. The highest BCUT2D eigenvalue weighted by Crippen LogP contribution is 2.25. The van der Waals surface area contributed by atoms with E-state index >= 15 is 0 Å². The van der Waals surface area contributed by atoms with Gasteiger partial charge in [-0.2, -0.15) is 0 Å². The van der Waals surface area contributed by atoms with E-state index in [0.29, 0.717) is 13.1 Å². The lowest BCUT2D eigenvalue weighted by atomic mass is 9.84. The van der Waals surface area contributed by atoms with E-state index < -0.39 is 0 Å².